The minimum Gasteiger partial charge on any atom is -0.467 e. The normalized spacial score (nSPS) is 15.4. The highest BCUT2D eigenvalue weighted by molar-refractivity contribution is 7.89. The van der Waals surface area contributed by atoms with Gasteiger partial charge in [0.1, 0.15) is 11.5 Å². The number of amides is 1. The summed E-state index contributed by atoms with van der Waals surface area (Å²) in [5, 5.41) is -0.210. The molecule has 0 spiro atoms. The van der Waals surface area contributed by atoms with Crippen molar-refractivity contribution in [2.45, 2.75) is 37.4 Å². The van der Waals surface area contributed by atoms with Crippen LogP contribution in [0, 0.1) is 0 Å². The predicted molar refractivity (Wildman–Crippen MR) is 102 cm³/mol. The summed E-state index contributed by atoms with van der Waals surface area (Å²) in [6, 6.07) is 9.74. The van der Waals surface area contributed by atoms with Crippen LogP contribution in [0.3, 0.4) is 0 Å². The lowest BCUT2D eigenvalue weighted by atomic mass is 10.2. The highest BCUT2D eigenvalue weighted by atomic mass is 32.2. The van der Waals surface area contributed by atoms with E-state index in [1.807, 2.05) is 0 Å². The van der Waals surface area contributed by atoms with Gasteiger partial charge in [-0.2, -0.15) is 4.31 Å². The van der Waals surface area contributed by atoms with E-state index in [2.05, 4.69) is 0 Å². The van der Waals surface area contributed by atoms with Crippen molar-refractivity contribution in [2.75, 3.05) is 13.1 Å². The standard InChI is InChI=1S/C20H22N2O6S/c23-20(21(14-16-6-4-12-26-16)15-17-7-5-13-27-17)18-8-9-19(28-18)29(24,25)22-10-2-1-3-11-22/h4-9,12-13H,1-3,10-11,14-15H2. The summed E-state index contributed by atoms with van der Waals surface area (Å²) in [7, 11) is -3.74. The van der Waals surface area contributed by atoms with Crippen LogP contribution in [0.5, 0.6) is 0 Å². The molecule has 1 amide bonds. The molecule has 1 saturated heterocycles. The molecule has 0 N–H and O–H groups in total. The third-order valence-corrected chi connectivity index (χ3v) is 6.61. The molecule has 0 radical (unpaired) electrons. The van der Waals surface area contributed by atoms with Crippen molar-refractivity contribution in [1.29, 1.82) is 0 Å². The Bertz CT molecular complexity index is 995. The molecule has 1 aliphatic heterocycles. The summed E-state index contributed by atoms with van der Waals surface area (Å²) in [6.45, 7) is 1.33. The second-order valence-electron chi connectivity index (χ2n) is 6.90. The smallest absolute Gasteiger partial charge is 0.290 e. The van der Waals surface area contributed by atoms with Crippen LogP contribution in [-0.2, 0) is 23.1 Å². The maximum atomic E-state index is 13.1. The van der Waals surface area contributed by atoms with Gasteiger partial charge in [-0.1, -0.05) is 6.42 Å². The van der Waals surface area contributed by atoms with Gasteiger partial charge in [-0.15, -0.1) is 0 Å². The molecule has 3 aromatic rings. The van der Waals surface area contributed by atoms with E-state index in [0.717, 1.165) is 19.3 Å². The Morgan fingerprint density at radius 2 is 1.55 bits per heavy atom. The number of carbonyl (C=O) groups excluding carboxylic acids is 1. The van der Waals surface area contributed by atoms with E-state index >= 15 is 0 Å². The molecular weight excluding hydrogens is 396 g/mol. The lowest BCUT2D eigenvalue weighted by Gasteiger charge is -2.24. The molecular formula is C20H22N2O6S. The lowest BCUT2D eigenvalue weighted by molar-refractivity contribution is 0.0666. The Morgan fingerprint density at radius 3 is 2.10 bits per heavy atom. The Balaban J connectivity index is 1.56. The minimum atomic E-state index is -3.74. The van der Waals surface area contributed by atoms with Gasteiger partial charge in [0.15, 0.2) is 5.76 Å². The van der Waals surface area contributed by atoms with Crippen molar-refractivity contribution in [1.82, 2.24) is 9.21 Å². The summed E-state index contributed by atoms with van der Waals surface area (Å²) in [6.07, 6.45) is 5.72. The quantitative estimate of drug-likeness (QED) is 0.583. The number of hydrogen-bond acceptors (Lipinski definition) is 6. The summed E-state index contributed by atoms with van der Waals surface area (Å²) >= 11 is 0. The maximum Gasteiger partial charge on any atom is 0.290 e. The van der Waals surface area contributed by atoms with Gasteiger partial charge in [0.2, 0.25) is 5.09 Å². The van der Waals surface area contributed by atoms with Crippen LogP contribution in [0.1, 0.15) is 41.3 Å². The monoisotopic (exact) mass is 418 g/mol. The lowest BCUT2D eigenvalue weighted by Crippen LogP contribution is -2.35. The SMILES string of the molecule is O=C(c1ccc(S(=O)(=O)N2CCCCC2)o1)N(Cc1ccco1)Cc1ccco1. The molecule has 154 valence electrons. The second-order valence-corrected chi connectivity index (χ2v) is 8.77. The van der Waals surface area contributed by atoms with Crippen molar-refractivity contribution >= 4 is 15.9 Å². The first kappa shape index (κ1) is 19.5. The first-order valence-electron chi connectivity index (χ1n) is 9.48. The van der Waals surface area contributed by atoms with Crippen molar-refractivity contribution in [3.05, 3.63) is 66.2 Å². The highest BCUT2D eigenvalue weighted by Gasteiger charge is 2.30. The Kier molecular flexibility index (Phi) is 5.59. The first-order chi connectivity index (χ1) is 14.0. The fraction of sp³-hybridized carbons (Fsp3) is 0.350. The van der Waals surface area contributed by atoms with E-state index in [9.17, 15) is 13.2 Å². The average molecular weight is 418 g/mol. The van der Waals surface area contributed by atoms with Gasteiger partial charge in [0.25, 0.3) is 15.9 Å². The second kappa shape index (κ2) is 8.30. The molecule has 0 saturated carbocycles. The fourth-order valence-electron chi connectivity index (χ4n) is 3.34. The van der Waals surface area contributed by atoms with E-state index in [-0.39, 0.29) is 23.9 Å². The van der Waals surface area contributed by atoms with Crippen molar-refractivity contribution < 1.29 is 26.5 Å². The van der Waals surface area contributed by atoms with Gasteiger partial charge in [0, 0.05) is 13.1 Å². The van der Waals surface area contributed by atoms with Gasteiger partial charge < -0.3 is 18.2 Å². The molecule has 0 aliphatic carbocycles. The molecule has 0 aromatic carbocycles. The third-order valence-electron chi connectivity index (χ3n) is 4.84. The van der Waals surface area contributed by atoms with Crippen LogP contribution in [-0.4, -0.2) is 36.6 Å². The van der Waals surface area contributed by atoms with E-state index < -0.39 is 15.9 Å². The van der Waals surface area contributed by atoms with Crippen LogP contribution in [0.25, 0.3) is 0 Å². The molecule has 0 unspecified atom stereocenters. The van der Waals surface area contributed by atoms with Gasteiger partial charge in [-0.05, 0) is 49.2 Å². The molecule has 4 rings (SSSR count). The number of rotatable bonds is 7. The summed E-state index contributed by atoms with van der Waals surface area (Å²) in [5.74, 6) is 0.701. The molecule has 3 aromatic heterocycles. The van der Waals surface area contributed by atoms with E-state index in [1.54, 1.807) is 24.3 Å². The molecule has 0 bridgehead atoms. The zero-order valence-corrected chi connectivity index (χ0v) is 16.6. The largest absolute Gasteiger partial charge is 0.467 e. The number of furan rings is 3. The third kappa shape index (κ3) is 4.30. The predicted octanol–water partition coefficient (Wildman–Crippen LogP) is 3.48. The first-order valence-corrected chi connectivity index (χ1v) is 10.9. The van der Waals surface area contributed by atoms with Crippen LogP contribution in [0.2, 0.25) is 0 Å². The number of carbonyl (C=O) groups is 1. The number of nitrogens with zero attached hydrogens (tertiary/aromatic N) is 2. The van der Waals surface area contributed by atoms with E-state index in [0.29, 0.717) is 24.6 Å². The van der Waals surface area contributed by atoms with Crippen molar-refractivity contribution in [3.8, 4) is 0 Å². The van der Waals surface area contributed by atoms with Crippen molar-refractivity contribution in [2.24, 2.45) is 0 Å². The number of sulfonamides is 1. The Morgan fingerprint density at radius 1 is 0.931 bits per heavy atom. The maximum absolute atomic E-state index is 13.1. The molecule has 29 heavy (non-hydrogen) atoms. The van der Waals surface area contributed by atoms with E-state index in [1.165, 1.54) is 33.9 Å². The van der Waals surface area contributed by atoms with Gasteiger partial charge in [-0.25, -0.2) is 8.42 Å². The van der Waals surface area contributed by atoms with Gasteiger partial charge in [0.05, 0.1) is 25.6 Å². The van der Waals surface area contributed by atoms with E-state index in [4.69, 9.17) is 13.3 Å². The molecule has 0 atom stereocenters. The summed E-state index contributed by atoms with van der Waals surface area (Å²) in [5.41, 5.74) is 0. The molecule has 1 aliphatic rings. The summed E-state index contributed by atoms with van der Waals surface area (Å²) < 4.78 is 43.2. The van der Waals surface area contributed by atoms with Gasteiger partial charge >= 0.3 is 0 Å². The zero-order chi connectivity index (χ0) is 20.3. The number of piperidine rings is 1. The van der Waals surface area contributed by atoms with Crippen LogP contribution >= 0.6 is 0 Å². The molecule has 1 fully saturated rings. The topological polar surface area (TPSA) is 97.1 Å². The highest BCUT2D eigenvalue weighted by Crippen LogP contribution is 2.24. The fourth-order valence-corrected chi connectivity index (χ4v) is 4.77. The Hall–Kier alpha value is -2.78. The molecule has 4 heterocycles. The summed E-state index contributed by atoms with van der Waals surface area (Å²) in [4.78, 5) is 14.5. The van der Waals surface area contributed by atoms with Crippen molar-refractivity contribution in [3.63, 3.8) is 0 Å². The van der Waals surface area contributed by atoms with Gasteiger partial charge in [-0.3, -0.25) is 4.79 Å². The van der Waals surface area contributed by atoms with Crippen LogP contribution < -0.4 is 0 Å². The number of hydrogen-bond donors (Lipinski definition) is 0. The van der Waals surface area contributed by atoms with Crippen LogP contribution in [0.15, 0.2) is 67.3 Å². The molecule has 9 heteroatoms. The Labute approximate surface area is 168 Å². The van der Waals surface area contributed by atoms with Crippen LogP contribution in [0.4, 0.5) is 0 Å². The minimum absolute atomic E-state index is 0.0429. The average Bonchev–Trinajstić information content (AvgIpc) is 3.50. The zero-order valence-electron chi connectivity index (χ0n) is 15.8. The molecule has 8 nitrogen and oxygen atoms in total.